The Morgan fingerprint density at radius 2 is 1.83 bits per heavy atom. The van der Waals surface area contributed by atoms with Gasteiger partial charge in [0.05, 0.1) is 42.8 Å². The summed E-state index contributed by atoms with van der Waals surface area (Å²) in [6.45, 7) is 5.95. The molecule has 0 aliphatic carbocycles. The SMILES string of the molecule is CC(C)CN(C[C@@H](O)[C@H](Cc1ccc(OCCCN(C)C)cc1)NC(=O)O[C@H]1CO[C@H]2OCC[C@H]21)S(=O)(=O)c1ccc2c(c1)OCO2. The van der Waals surface area contributed by atoms with Crippen LogP contribution >= 0.6 is 0 Å². The van der Waals surface area contributed by atoms with Gasteiger partial charge < -0.3 is 43.7 Å². The predicted molar refractivity (Wildman–Crippen MR) is 172 cm³/mol. The second-order valence-corrected chi connectivity index (χ2v) is 14.8. The first kappa shape index (κ1) is 35.2. The van der Waals surface area contributed by atoms with Crippen molar-refractivity contribution in [3.8, 4) is 17.2 Å². The number of carbonyl (C=O) groups excluding carboxylic acids is 1. The van der Waals surface area contributed by atoms with Crippen LogP contribution in [0.1, 0.15) is 32.3 Å². The molecule has 2 saturated heterocycles. The first-order valence-electron chi connectivity index (χ1n) is 16.1. The molecule has 2 N–H and O–H groups in total. The summed E-state index contributed by atoms with van der Waals surface area (Å²) >= 11 is 0. The third kappa shape index (κ3) is 9.27. The number of nitrogens with one attached hydrogen (secondary N) is 1. The van der Waals surface area contributed by atoms with Gasteiger partial charge in [-0.2, -0.15) is 4.31 Å². The van der Waals surface area contributed by atoms with Gasteiger partial charge in [-0.1, -0.05) is 26.0 Å². The van der Waals surface area contributed by atoms with Crippen LogP contribution in [0.3, 0.4) is 0 Å². The van der Waals surface area contributed by atoms with Crippen molar-refractivity contribution in [1.29, 1.82) is 0 Å². The molecule has 2 fully saturated rings. The summed E-state index contributed by atoms with van der Waals surface area (Å²) in [5.74, 6) is 1.42. The average Bonchev–Trinajstić information content (AvgIpc) is 3.78. The molecule has 3 aliphatic rings. The summed E-state index contributed by atoms with van der Waals surface area (Å²) in [7, 11) is -0.0273. The molecule has 0 saturated carbocycles. The average molecular weight is 678 g/mol. The highest BCUT2D eigenvalue weighted by atomic mass is 32.2. The van der Waals surface area contributed by atoms with Gasteiger partial charge in [0.15, 0.2) is 17.8 Å². The number of amides is 1. The van der Waals surface area contributed by atoms with Gasteiger partial charge in [-0.05, 0) is 69.1 Å². The molecular formula is C33H47N3O10S. The van der Waals surface area contributed by atoms with Crippen molar-refractivity contribution in [1.82, 2.24) is 14.5 Å². The standard InChI is InChI=1S/C33H47N3O10S/c1-22(2)18-36(47(39,40)25-10-11-29-30(17-25)45-21-44-29)19-28(37)27(34-33(38)46-31-20-43-32-26(31)12-15-42-32)16-23-6-8-24(9-7-23)41-14-5-13-35(3)4/h6-11,17,22,26-28,31-32,37H,5,12-16,18-21H2,1-4H3,(H,34,38)/t26-,27-,28+,31-,32+/m0/s1. The van der Waals surface area contributed by atoms with Crippen molar-refractivity contribution in [2.45, 2.75) is 62.5 Å². The Hall–Kier alpha value is -3.14. The number of hydrogen-bond acceptors (Lipinski definition) is 11. The van der Waals surface area contributed by atoms with Crippen LogP contribution in [0.5, 0.6) is 17.2 Å². The Kier molecular flexibility index (Phi) is 11.9. The fourth-order valence-corrected chi connectivity index (χ4v) is 7.54. The maximum absolute atomic E-state index is 13.9. The third-order valence-electron chi connectivity index (χ3n) is 8.35. The van der Waals surface area contributed by atoms with Crippen LogP contribution in [-0.4, -0.2) is 114 Å². The molecule has 0 bridgehead atoms. The molecule has 260 valence electrons. The monoisotopic (exact) mass is 677 g/mol. The Balaban J connectivity index is 1.31. The lowest BCUT2D eigenvalue weighted by atomic mass is 10.0. The van der Waals surface area contributed by atoms with E-state index < -0.39 is 34.4 Å². The molecule has 14 heteroatoms. The number of sulfonamides is 1. The van der Waals surface area contributed by atoms with Gasteiger partial charge >= 0.3 is 6.09 Å². The number of benzene rings is 2. The van der Waals surface area contributed by atoms with Gasteiger partial charge in [0, 0.05) is 25.7 Å². The van der Waals surface area contributed by atoms with Crippen LogP contribution in [0.4, 0.5) is 4.79 Å². The molecule has 3 heterocycles. The maximum Gasteiger partial charge on any atom is 0.407 e. The highest BCUT2D eigenvalue weighted by Gasteiger charge is 2.44. The summed E-state index contributed by atoms with van der Waals surface area (Å²) in [5, 5.41) is 14.4. The van der Waals surface area contributed by atoms with Gasteiger partial charge in [-0.3, -0.25) is 0 Å². The van der Waals surface area contributed by atoms with Crippen molar-refractivity contribution in [3.63, 3.8) is 0 Å². The second kappa shape index (κ2) is 15.8. The number of aliphatic hydroxyl groups is 1. The quantitative estimate of drug-likeness (QED) is 0.253. The van der Waals surface area contributed by atoms with E-state index >= 15 is 0 Å². The summed E-state index contributed by atoms with van der Waals surface area (Å²) in [4.78, 5) is 15.3. The van der Waals surface area contributed by atoms with Crippen LogP contribution in [0.25, 0.3) is 0 Å². The van der Waals surface area contributed by atoms with Crippen LogP contribution in [0.2, 0.25) is 0 Å². The molecule has 5 rings (SSSR count). The lowest BCUT2D eigenvalue weighted by Gasteiger charge is -2.31. The molecule has 0 aromatic heterocycles. The Morgan fingerprint density at radius 3 is 2.57 bits per heavy atom. The van der Waals surface area contributed by atoms with Crippen LogP contribution in [0.15, 0.2) is 47.4 Å². The maximum atomic E-state index is 13.9. The lowest BCUT2D eigenvalue weighted by Crippen LogP contribution is -2.51. The predicted octanol–water partition coefficient (Wildman–Crippen LogP) is 2.85. The molecule has 0 radical (unpaired) electrons. The molecular weight excluding hydrogens is 630 g/mol. The first-order chi connectivity index (χ1) is 22.5. The van der Waals surface area contributed by atoms with Gasteiger partial charge in [0.25, 0.3) is 0 Å². The van der Waals surface area contributed by atoms with Gasteiger partial charge in [-0.25, -0.2) is 13.2 Å². The number of rotatable bonds is 16. The Bertz CT molecular complexity index is 1440. The summed E-state index contributed by atoms with van der Waals surface area (Å²) in [6.07, 6.45) is -1.04. The van der Waals surface area contributed by atoms with Gasteiger partial charge in [-0.15, -0.1) is 0 Å². The number of alkyl carbamates (subject to hydrolysis) is 1. The topological polar surface area (TPSA) is 145 Å². The number of hydrogen-bond donors (Lipinski definition) is 2. The minimum absolute atomic E-state index is 0.0155. The van der Waals surface area contributed by atoms with E-state index in [-0.39, 0.29) is 55.9 Å². The highest BCUT2D eigenvalue weighted by Crippen LogP contribution is 2.35. The molecule has 5 atom stereocenters. The fraction of sp³-hybridized carbons (Fsp3) is 0.606. The number of carbonyl (C=O) groups is 1. The second-order valence-electron chi connectivity index (χ2n) is 12.9. The smallest absolute Gasteiger partial charge is 0.407 e. The van der Waals surface area contributed by atoms with Crippen LogP contribution in [-0.2, 0) is 30.7 Å². The van der Waals surface area contributed by atoms with Gasteiger partial charge in [0.1, 0.15) is 11.9 Å². The lowest BCUT2D eigenvalue weighted by molar-refractivity contribution is -0.0907. The molecule has 2 aromatic carbocycles. The normalized spacial score (nSPS) is 21.7. The summed E-state index contributed by atoms with van der Waals surface area (Å²) in [6, 6.07) is 11.0. The molecule has 13 nitrogen and oxygen atoms in total. The van der Waals surface area contributed by atoms with E-state index in [1.54, 1.807) is 6.07 Å². The molecule has 2 aromatic rings. The Morgan fingerprint density at radius 1 is 1.06 bits per heavy atom. The van der Waals surface area contributed by atoms with Crippen LogP contribution < -0.4 is 19.5 Å². The van der Waals surface area contributed by atoms with Gasteiger partial charge in [0.2, 0.25) is 16.8 Å². The fourth-order valence-electron chi connectivity index (χ4n) is 5.90. The highest BCUT2D eigenvalue weighted by molar-refractivity contribution is 7.89. The van der Waals surface area contributed by atoms with E-state index in [2.05, 4.69) is 10.2 Å². The van der Waals surface area contributed by atoms with Crippen molar-refractivity contribution < 1.29 is 46.7 Å². The Labute approximate surface area is 277 Å². The third-order valence-corrected chi connectivity index (χ3v) is 10.2. The minimum Gasteiger partial charge on any atom is -0.494 e. The number of fused-ring (bicyclic) bond motifs is 2. The molecule has 3 aliphatic heterocycles. The van der Waals surface area contributed by atoms with E-state index in [0.717, 1.165) is 24.9 Å². The van der Waals surface area contributed by atoms with E-state index in [0.29, 0.717) is 30.5 Å². The van der Waals surface area contributed by atoms with Crippen LogP contribution in [0, 0.1) is 11.8 Å². The van der Waals surface area contributed by atoms with Crippen molar-refractivity contribution in [3.05, 3.63) is 48.0 Å². The molecule has 0 spiro atoms. The van der Waals surface area contributed by atoms with E-state index in [9.17, 15) is 18.3 Å². The molecule has 0 unspecified atom stereocenters. The van der Waals surface area contributed by atoms with E-state index in [1.165, 1.54) is 16.4 Å². The van der Waals surface area contributed by atoms with E-state index in [1.807, 2.05) is 52.2 Å². The van der Waals surface area contributed by atoms with Crippen molar-refractivity contribution >= 4 is 16.1 Å². The number of ether oxygens (including phenoxy) is 6. The van der Waals surface area contributed by atoms with Crippen molar-refractivity contribution in [2.75, 3.05) is 60.3 Å². The number of nitrogens with zero attached hydrogens (tertiary/aromatic N) is 2. The summed E-state index contributed by atoms with van der Waals surface area (Å²) < 4.78 is 62.5. The molecule has 1 amide bonds. The van der Waals surface area contributed by atoms with Crippen molar-refractivity contribution in [2.24, 2.45) is 11.8 Å². The first-order valence-corrected chi connectivity index (χ1v) is 17.6. The summed E-state index contributed by atoms with van der Waals surface area (Å²) in [5.41, 5.74) is 0.817. The number of aliphatic hydroxyl groups excluding tert-OH is 1. The largest absolute Gasteiger partial charge is 0.494 e. The zero-order chi connectivity index (χ0) is 33.6. The minimum atomic E-state index is -4.05. The van der Waals surface area contributed by atoms with E-state index in [4.69, 9.17) is 28.4 Å². The molecule has 47 heavy (non-hydrogen) atoms. The zero-order valence-electron chi connectivity index (χ0n) is 27.5. The zero-order valence-corrected chi connectivity index (χ0v) is 28.3.